The highest BCUT2D eigenvalue weighted by atomic mass is 16.5. The van der Waals surface area contributed by atoms with E-state index in [9.17, 15) is 5.11 Å². The van der Waals surface area contributed by atoms with Crippen molar-refractivity contribution in [3.63, 3.8) is 0 Å². The van der Waals surface area contributed by atoms with Gasteiger partial charge in [-0.05, 0) is 18.8 Å². The van der Waals surface area contributed by atoms with Gasteiger partial charge in [0.05, 0.1) is 12.7 Å². The van der Waals surface area contributed by atoms with E-state index in [0.717, 1.165) is 12.8 Å². The highest BCUT2D eigenvalue weighted by Gasteiger charge is 2.09. The van der Waals surface area contributed by atoms with E-state index >= 15 is 0 Å². The molecule has 0 saturated carbocycles. The largest absolute Gasteiger partial charge is 0.396 e. The fraction of sp³-hybridized carbons (Fsp3) is 1.00. The van der Waals surface area contributed by atoms with Crippen molar-refractivity contribution in [1.29, 1.82) is 0 Å². The van der Waals surface area contributed by atoms with Gasteiger partial charge in [0, 0.05) is 25.8 Å². The predicted octanol–water partition coefficient (Wildman–Crippen LogP) is 0.770. The molecule has 0 rings (SSSR count). The Balaban J connectivity index is 3.50. The molecule has 0 bridgehead atoms. The Bertz CT molecular complexity index is 153. The van der Waals surface area contributed by atoms with E-state index in [0.29, 0.717) is 25.7 Å². The number of hydrogen-bond donors (Lipinski definition) is 3. The van der Waals surface area contributed by atoms with Crippen molar-refractivity contribution in [1.82, 2.24) is 5.32 Å². The van der Waals surface area contributed by atoms with Crippen molar-refractivity contribution in [3.05, 3.63) is 0 Å². The van der Waals surface area contributed by atoms with Crippen LogP contribution < -0.4 is 5.32 Å². The molecule has 4 heteroatoms. The molecule has 3 N–H and O–H groups in total. The minimum absolute atomic E-state index is 0.186. The van der Waals surface area contributed by atoms with Crippen molar-refractivity contribution in [2.45, 2.75) is 45.8 Å². The van der Waals surface area contributed by atoms with Gasteiger partial charge in [0.25, 0.3) is 0 Å². The maximum absolute atomic E-state index is 9.62. The summed E-state index contributed by atoms with van der Waals surface area (Å²) >= 11 is 0. The summed E-state index contributed by atoms with van der Waals surface area (Å²) in [4.78, 5) is 0. The summed E-state index contributed by atoms with van der Waals surface area (Å²) in [5.41, 5.74) is 0. The third kappa shape index (κ3) is 9.09. The molecule has 0 aromatic heterocycles. The second-order valence-corrected chi connectivity index (χ2v) is 4.61. The Morgan fingerprint density at radius 2 is 1.94 bits per heavy atom. The van der Waals surface area contributed by atoms with Crippen LogP contribution in [0.2, 0.25) is 0 Å². The van der Waals surface area contributed by atoms with Crippen LogP contribution in [0.3, 0.4) is 0 Å². The Hall–Kier alpha value is -0.160. The summed E-state index contributed by atoms with van der Waals surface area (Å²) in [6.45, 7) is 8.00. The minimum Gasteiger partial charge on any atom is -0.396 e. The fourth-order valence-corrected chi connectivity index (χ4v) is 1.41. The van der Waals surface area contributed by atoms with E-state index < -0.39 is 6.10 Å². The Kier molecular flexibility index (Phi) is 9.92. The maximum Gasteiger partial charge on any atom is 0.0897 e. The van der Waals surface area contributed by atoms with Crippen molar-refractivity contribution >= 4 is 0 Å². The van der Waals surface area contributed by atoms with Crippen molar-refractivity contribution in [2.24, 2.45) is 5.92 Å². The van der Waals surface area contributed by atoms with Crippen LogP contribution in [-0.2, 0) is 4.74 Å². The van der Waals surface area contributed by atoms with E-state index in [4.69, 9.17) is 9.84 Å². The first kappa shape index (κ1) is 15.8. The van der Waals surface area contributed by atoms with Crippen LogP contribution >= 0.6 is 0 Å². The number of aliphatic hydroxyl groups excluding tert-OH is 2. The molecule has 0 spiro atoms. The van der Waals surface area contributed by atoms with Gasteiger partial charge in [-0.25, -0.2) is 0 Å². The molecule has 2 atom stereocenters. The standard InChI is InChI=1S/C12H27NO3/c1-4-11(5-6-14)13-7-12(15)9-16-8-10(2)3/h10-15H,4-9H2,1-3H3. The van der Waals surface area contributed by atoms with Gasteiger partial charge in [0.15, 0.2) is 0 Å². The maximum atomic E-state index is 9.62. The summed E-state index contributed by atoms with van der Waals surface area (Å²) in [7, 11) is 0. The monoisotopic (exact) mass is 233 g/mol. The first-order valence-corrected chi connectivity index (χ1v) is 6.20. The summed E-state index contributed by atoms with van der Waals surface area (Å²) in [5, 5.41) is 21.7. The summed E-state index contributed by atoms with van der Waals surface area (Å²) in [6, 6.07) is 0.282. The molecule has 4 nitrogen and oxygen atoms in total. The second kappa shape index (κ2) is 10.0. The first-order chi connectivity index (χ1) is 7.60. The molecule has 0 aliphatic carbocycles. The summed E-state index contributed by atoms with van der Waals surface area (Å²) < 4.78 is 5.34. The van der Waals surface area contributed by atoms with E-state index in [1.807, 2.05) is 0 Å². The van der Waals surface area contributed by atoms with E-state index in [-0.39, 0.29) is 12.6 Å². The van der Waals surface area contributed by atoms with Crippen LogP contribution in [0.15, 0.2) is 0 Å². The molecule has 0 heterocycles. The zero-order valence-corrected chi connectivity index (χ0v) is 10.8. The number of hydrogen-bond acceptors (Lipinski definition) is 4. The first-order valence-electron chi connectivity index (χ1n) is 6.20. The van der Waals surface area contributed by atoms with Gasteiger partial charge in [-0.15, -0.1) is 0 Å². The number of rotatable bonds is 10. The van der Waals surface area contributed by atoms with Crippen molar-refractivity contribution in [2.75, 3.05) is 26.4 Å². The lowest BCUT2D eigenvalue weighted by Crippen LogP contribution is -2.37. The van der Waals surface area contributed by atoms with Crippen molar-refractivity contribution in [3.8, 4) is 0 Å². The van der Waals surface area contributed by atoms with Gasteiger partial charge >= 0.3 is 0 Å². The molecule has 0 fully saturated rings. The predicted molar refractivity (Wildman–Crippen MR) is 65.4 cm³/mol. The molecular weight excluding hydrogens is 206 g/mol. The van der Waals surface area contributed by atoms with Crippen LogP contribution in [0.4, 0.5) is 0 Å². The van der Waals surface area contributed by atoms with Gasteiger partial charge in [-0.3, -0.25) is 0 Å². The fourth-order valence-electron chi connectivity index (χ4n) is 1.41. The molecule has 0 aromatic rings. The average Bonchev–Trinajstić information content (AvgIpc) is 2.23. The SMILES string of the molecule is CCC(CCO)NCC(O)COCC(C)C. The lowest BCUT2D eigenvalue weighted by Gasteiger charge is -2.19. The summed E-state index contributed by atoms with van der Waals surface area (Å²) in [6.07, 6.45) is 1.22. The van der Waals surface area contributed by atoms with E-state index in [1.54, 1.807) is 0 Å². The zero-order chi connectivity index (χ0) is 12.4. The van der Waals surface area contributed by atoms with Crippen LogP contribution in [0.5, 0.6) is 0 Å². The average molecular weight is 233 g/mol. The summed E-state index contributed by atoms with van der Waals surface area (Å²) in [5.74, 6) is 0.498. The number of ether oxygens (including phenoxy) is 1. The molecule has 0 aliphatic rings. The Morgan fingerprint density at radius 1 is 1.25 bits per heavy atom. The highest BCUT2D eigenvalue weighted by molar-refractivity contribution is 4.67. The molecule has 2 unspecified atom stereocenters. The number of nitrogens with one attached hydrogen (secondary N) is 1. The lowest BCUT2D eigenvalue weighted by molar-refractivity contribution is 0.0245. The quantitative estimate of drug-likeness (QED) is 0.521. The number of aliphatic hydroxyl groups is 2. The second-order valence-electron chi connectivity index (χ2n) is 4.61. The molecule has 16 heavy (non-hydrogen) atoms. The van der Waals surface area contributed by atoms with Crippen LogP contribution in [0.25, 0.3) is 0 Å². The third-order valence-electron chi connectivity index (χ3n) is 2.37. The third-order valence-corrected chi connectivity index (χ3v) is 2.37. The van der Waals surface area contributed by atoms with Crippen molar-refractivity contribution < 1.29 is 14.9 Å². The van der Waals surface area contributed by atoms with Gasteiger partial charge in [-0.2, -0.15) is 0 Å². The highest BCUT2D eigenvalue weighted by Crippen LogP contribution is 1.98. The van der Waals surface area contributed by atoms with Crippen LogP contribution in [0.1, 0.15) is 33.6 Å². The normalized spacial score (nSPS) is 15.4. The molecule has 0 aromatic carbocycles. The lowest BCUT2D eigenvalue weighted by atomic mass is 10.1. The van der Waals surface area contributed by atoms with Crippen LogP contribution in [0, 0.1) is 5.92 Å². The van der Waals surface area contributed by atoms with Gasteiger partial charge < -0.3 is 20.3 Å². The topological polar surface area (TPSA) is 61.7 Å². The smallest absolute Gasteiger partial charge is 0.0897 e. The molecular formula is C12H27NO3. The van der Waals surface area contributed by atoms with Crippen LogP contribution in [-0.4, -0.2) is 48.7 Å². The molecule has 0 amide bonds. The molecule has 0 radical (unpaired) electrons. The molecule has 0 aliphatic heterocycles. The zero-order valence-electron chi connectivity index (χ0n) is 10.8. The Labute approximate surface area is 99.0 Å². The van der Waals surface area contributed by atoms with E-state index in [1.165, 1.54) is 0 Å². The molecule has 98 valence electrons. The minimum atomic E-state index is -0.466. The van der Waals surface area contributed by atoms with Gasteiger partial charge in [0.1, 0.15) is 0 Å². The Morgan fingerprint density at radius 3 is 2.44 bits per heavy atom. The molecule has 0 saturated heterocycles. The van der Waals surface area contributed by atoms with Gasteiger partial charge in [0.2, 0.25) is 0 Å². The van der Waals surface area contributed by atoms with Gasteiger partial charge in [-0.1, -0.05) is 20.8 Å². The van der Waals surface area contributed by atoms with E-state index in [2.05, 4.69) is 26.1 Å².